The first kappa shape index (κ1) is 15.0. The maximum Gasteiger partial charge on any atom is 0.142 e. The number of anilines is 1. The molecule has 106 valence electrons. The Labute approximate surface area is 132 Å². The molecule has 0 aliphatic rings. The highest BCUT2D eigenvalue weighted by molar-refractivity contribution is 9.10. The molecule has 0 unspecified atom stereocenters. The highest BCUT2D eigenvalue weighted by atomic mass is 79.9. The predicted octanol–water partition coefficient (Wildman–Crippen LogP) is 4.73. The number of ether oxygens (including phenoxy) is 2. The van der Waals surface area contributed by atoms with E-state index in [1.807, 2.05) is 36.4 Å². The van der Waals surface area contributed by atoms with Crippen molar-refractivity contribution >= 4 is 33.2 Å². The van der Waals surface area contributed by atoms with Gasteiger partial charge in [0.25, 0.3) is 0 Å². The lowest BCUT2D eigenvalue weighted by Gasteiger charge is -2.13. The summed E-state index contributed by atoms with van der Waals surface area (Å²) in [6.07, 6.45) is 0. The molecule has 0 bridgehead atoms. The minimum absolute atomic E-state index is 0.607. The molecule has 0 aromatic heterocycles. The van der Waals surface area contributed by atoms with Crippen LogP contribution in [0.15, 0.2) is 40.9 Å². The number of halogens is 2. The SMILES string of the molecule is COc1ccc(OC)c(NCc2ccc(Br)cc2Cl)c1. The van der Waals surface area contributed by atoms with E-state index in [4.69, 9.17) is 21.1 Å². The van der Waals surface area contributed by atoms with Crippen molar-refractivity contribution in [3.63, 3.8) is 0 Å². The quantitative estimate of drug-likeness (QED) is 0.840. The van der Waals surface area contributed by atoms with E-state index < -0.39 is 0 Å². The van der Waals surface area contributed by atoms with Gasteiger partial charge in [-0.15, -0.1) is 0 Å². The summed E-state index contributed by atoms with van der Waals surface area (Å²) in [6, 6.07) is 11.4. The first-order valence-electron chi connectivity index (χ1n) is 6.04. The molecule has 0 spiro atoms. The minimum atomic E-state index is 0.607. The molecule has 0 saturated carbocycles. The van der Waals surface area contributed by atoms with E-state index in [0.29, 0.717) is 11.6 Å². The molecule has 0 saturated heterocycles. The lowest BCUT2D eigenvalue weighted by atomic mass is 10.2. The summed E-state index contributed by atoms with van der Waals surface area (Å²) in [6.45, 7) is 0.607. The van der Waals surface area contributed by atoms with Gasteiger partial charge >= 0.3 is 0 Å². The van der Waals surface area contributed by atoms with Crippen LogP contribution < -0.4 is 14.8 Å². The van der Waals surface area contributed by atoms with Crippen molar-refractivity contribution in [3.05, 3.63) is 51.5 Å². The van der Waals surface area contributed by atoms with Crippen LogP contribution in [0, 0.1) is 0 Å². The molecule has 0 heterocycles. The summed E-state index contributed by atoms with van der Waals surface area (Å²) in [7, 11) is 3.27. The Kier molecular flexibility index (Phi) is 5.15. The molecule has 2 aromatic rings. The Balaban J connectivity index is 2.17. The largest absolute Gasteiger partial charge is 0.497 e. The van der Waals surface area contributed by atoms with Crippen molar-refractivity contribution in [2.24, 2.45) is 0 Å². The molecule has 2 aromatic carbocycles. The van der Waals surface area contributed by atoms with Crippen LogP contribution in [-0.4, -0.2) is 14.2 Å². The summed E-state index contributed by atoms with van der Waals surface area (Å²) in [4.78, 5) is 0. The normalized spacial score (nSPS) is 10.2. The Hall–Kier alpha value is -1.39. The average molecular weight is 357 g/mol. The molecular weight excluding hydrogens is 342 g/mol. The van der Waals surface area contributed by atoms with Crippen LogP contribution in [0.3, 0.4) is 0 Å². The van der Waals surface area contributed by atoms with Crippen LogP contribution in [-0.2, 0) is 6.54 Å². The van der Waals surface area contributed by atoms with Gasteiger partial charge in [0.1, 0.15) is 11.5 Å². The van der Waals surface area contributed by atoms with Crippen molar-refractivity contribution in [1.29, 1.82) is 0 Å². The number of rotatable bonds is 5. The van der Waals surface area contributed by atoms with Crippen LogP contribution in [0.4, 0.5) is 5.69 Å². The van der Waals surface area contributed by atoms with Crippen molar-refractivity contribution in [3.8, 4) is 11.5 Å². The van der Waals surface area contributed by atoms with E-state index in [2.05, 4.69) is 21.2 Å². The van der Waals surface area contributed by atoms with Gasteiger partial charge in [-0.2, -0.15) is 0 Å². The lowest BCUT2D eigenvalue weighted by Crippen LogP contribution is -2.02. The van der Waals surface area contributed by atoms with Gasteiger partial charge in [-0.05, 0) is 29.8 Å². The minimum Gasteiger partial charge on any atom is -0.497 e. The smallest absolute Gasteiger partial charge is 0.142 e. The summed E-state index contributed by atoms with van der Waals surface area (Å²) in [5.41, 5.74) is 1.88. The van der Waals surface area contributed by atoms with Crippen molar-refractivity contribution in [2.45, 2.75) is 6.54 Å². The molecule has 0 fully saturated rings. The second-order valence-electron chi connectivity index (χ2n) is 4.16. The zero-order chi connectivity index (χ0) is 14.5. The maximum absolute atomic E-state index is 6.20. The Morgan fingerprint density at radius 1 is 1.10 bits per heavy atom. The van der Waals surface area contributed by atoms with Gasteiger partial charge in [0.15, 0.2) is 0 Å². The molecule has 0 aliphatic heterocycles. The zero-order valence-corrected chi connectivity index (χ0v) is 13.6. The third-order valence-corrected chi connectivity index (χ3v) is 3.74. The fraction of sp³-hybridized carbons (Fsp3) is 0.200. The number of hydrogen-bond donors (Lipinski definition) is 1. The zero-order valence-electron chi connectivity index (χ0n) is 11.2. The molecule has 2 rings (SSSR count). The van der Waals surface area contributed by atoms with E-state index in [0.717, 1.165) is 27.2 Å². The molecular formula is C15H15BrClNO2. The van der Waals surface area contributed by atoms with Crippen LogP contribution >= 0.6 is 27.5 Å². The number of nitrogens with one attached hydrogen (secondary N) is 1. The molecule has 3 nitrogen and oxygen atoms in total. The topological polar surface area (TPSA) is 30.5 Å². The van der Waals surface area contributed by atoms with Gasteiger partial charge in [0.2, 0.25) is 0 Å². The van der Waals surface area contributed by atoms with Crippen molar-refractivity contribution in [2.75, 3.05) is 19.5 Å². The van der Waals surface area contributed by atoms with Crippen molar-refractivity contribution in [1.82, 2.24) is 0 Å². The fourth-order valence-corrected chi connectivity index (χ4v) is 2.55. The van der Waals surface area contributed by atoms with E-state index in [-0.39, 0.29) is 0 Å². The standard InChI is InChI=1S/C15H15BrClNO2/c1-19-12-5-6-15(20-2)14(8-12)18-9-10-3-4-11(16)7-13(10)17/h3-8,18H,9H2,1-2H3. The van der Waals surface area contributed by atoms with E-state index in [9.17, 15) is 0 Å². The Bertz CT molecular complexity index is 604. The highest BCUT2D eigenvalue weighted by Gasteiger charge is 2.06. The second kappa shape index (κ2) is 6.86. The van der Waals surface area contributed by atoms with E-state index in [1.54, 1.807) is 14.2 Å². The second-order valence-corrected chi connectivity index (χ2v) is 5.48. The van der Waals surface area contributed by atoms with E-state index >= 15 is 0 Å². The van der Waals surface area contributed by atoms with Gasteiger partial charge in [-0.1, -0.05) is 33.6 Å². The van der Waals surface area contributed by atoms with Gasteiger partial charge < -0.3 is 14.8 Å². The summed E-state index contributed by atoms with van der Waals surface area (Å²) in [5, 5.41) is 4.03. The van der Waals surface area contributed by atoms with Crippen molar-refractivity contribution < 1.29 is 9.47 Å². The molecule has 1 N–H and O–H groups in total. The van der Waals surface area contributed by atoms with Gasteiger partial charge in [-0.25, -0.2) is 0 Å². The molecule has 20 heavy (non-hydrogen) atoms. The number of benzene rings is 2. The first-order chi connectivity index (χ1) is 9.63. The lowest BCUT2D eigenvalue weighted by molar-refractivity contribution is 0.404. The monoisotopic (exact) mass is 355 g/mol. The molecule has 0 amide bonds. The van der Waals surface area contributed by atoms with Crippen LogP contribution in [0.2, 0.25) is 5.02 Å². The third-order valence-electron chi connectivity index (χ3n) is 2.89. The summed E-state index contributed by atoms with van der Waals surface area (Å²) >= 11 is 9.59. The van der Waals surface area contributed by atoms with Gasteiger partial charge in [0.05, 0.1) is 19.9 Å². The summed E-state index contributed by atoms with van der Waals surface area (Å²) < 4.78 is 11.5. The molecule has 0 aliphatic carbocycles. The summed E-state index contributed by atoms with van der Waals surface area (Å²) in [5.74, 6) is 1.54. The Morgan fingerprint density at radius 2 is 1.90 bits per heavy atom. The molecule has 5 heteroatoms. The third kappa shape index (κ3) is 3.58. The van der Waals surface area contributed by atoms with Crippen LogP contribution in [0.1, 0.15) is 5.56 Å². The maximum atomic E-state index is 6.20. The number of methoxy groups -OCH3 is 2. The van der Waals surface area contributed by atoms with E-state index in [1.165, 1.54) is 0 Å². The van der Waals surface area contributed by atoms with Gasteiger partial charge in [-0.3, -0.25) is 0 Å². The van der Waals surface area contributed by atoms with Crippen LogP contribution in [0.5, 0.6) is 11.5 Å². The highest BCUT2D eigenvalue weighted by Crippen LogP contribution is 2.30. The fourth-order valence-electron chi connectivity index (χ4n) is 1.81. The molecule has 0 atom stereocenters. The number of hydrogen-bond acceptors (Lipinski definition) is 3. The average Bonchev–Trinajstić information content (AvgIpc) is 2.46. The first-order valence-corrected chi connectivity index (χ1v) is 7.21. The molecule has 0 radical (unpaired) electrons. The van der Waals surface area contributed by atoms with Crippen LogP contribution in [0.25, 0.3) is 0 Å². The Morgan fingerprint density at radius 3 is 2.55 bits per heavy atom. The predicted molar refractivity (Wildman–Crippen MR) is 86.0 cm³/mol. The van der Waals surface area contributed by atoms with Gasteiger partial charge in [0, 0.05) is 22.1 Å².